The first kappa shape index (κ1) is 7.88. The Morgan fingerprint density at radius 2 is 2.50 bits per heavy atom. The molecule has 1 heterocycles. The second kappa shape index (κ2) is 3.83. The molecule has 0 spiro atoms. The third kappa shape index (κ3) is 1.78. The average molecular weight is 118 g/mol. The van der Waals surface area contributed by atoms with Crippen molar-refractivity contribution >= 4 is 6.29 Å². The molecule has 0 aliphatic rings. The number of nitrogens with one attached hydrogen (secondary N) is 1. The fourth-order valence-electron chi connectivity index (χ4n) is 0.321. The summed E-state index contributed by atoms with van der Waals surface area (Å²) in [6.07, 6.45) is 4.66. The molecule has 0 amide bonds. The zero-order valence-electron chi connectivity index (χ0n) is 4.51. The Morgan fingerprint density at radius 1 is 1.75 bits per heavy atom. The molecule has 36 valence electrons. The van der Waals surface area contributed by atoms with Gasteiger partial charge in [0.05, 0.1) is 0 Å². The monoisotopic (exact) mass is 118 g/mol. The van der Waals surface area contributed by atoms with Crippen LogP contribution >= 0.6 is 0 Å². The second-order valence-electron chi connectivity index (χ2n) is 1.04. The molecule has 8 heavy (non-hydrogen) atoms. The molecule has 3 nitrogen and oxygen atoms in total. The van der Waals surface area contributed by atoms with E-state index in [1.807, 2.05) is 0 Å². The Labute approximate surface area is 68.8 Å². The number of carbonyl (C=O) groups excluding carboxylic acids is 1. The quantitative estimate of drug-likeness (QED) is 0.313. The minimum atomic E-state index is 0. The van der Waals surface area contributed by atoms with Gasteiger partial charge < -0.3 is 9.78 Å². The Kier molecular flexibility index (Phi) is 3.77. The molecule has 0 saturated carbocycles. The van der Waals surface area contributed by atoms with Gasteiger partial charge in [-0.1, -0.05) is 0 Å². The summed E-state index contributed by atoms with van der Waals surface area (Å²) >= 11 is 0. The molecule has 4 heteroatoms. The molecule has 0 aliphatic heterocycles. The minimum Gasteiger partial charge on any atom is -0.534 e. The van der Waals surface area contributed by atoms with Gasteiger partial charge in [-0.3, -0.25) is 4.98 Å². The van der Waals surface area contributed by atoms with Gasteiger partial charge in [0.25, 0.3) is 0 Å². The summed E-state index contributed by atoms with van der Waals surface area (Å²) in [4.78, 5) is 15.8. The van der Waals surface area contributed by atoms with Crippen molar-refractivity contribution in [2.45, 2.75) is 0 Å². The summed E-state index contributed by atoms with van der Waals surface area (Å²) in [7, 11) is 0. The van der Waals surface area contributed by atoms with Crippen LogP contribution < -0.4 is 29.6 Å². The van der Waals surface area contributed by atoms with Crippen molar-refractivity contribution in [3.05, 3.63) is 18.2 Å². The third-order valence-corrected chi connectivity index (χ3v) is 0.595. The number of imidazole rings is 1. The molecule has 1 rings (SSSR count). The minimum absolute atomic E-state index is 0. The maximum atomic E-state index is 9.65. The molecule has 1 aromatic heterocycles. The van der Waals surface area contributed by atoms with Crippen LogP contribution in [0.2, 0.25) is 0 Å². The van der Waals surface area contributed by atoms with E-state index in [9.17, 15) is 4.79 Å². The normalized spacial score (nSPS) is 7.50. The van der Waals surface area contributed by atoms with E-state index in [0.29, 0.717) is 0 Å². The maximum absolute atomic E-state index is 9.65. The molecule has 1 aromatic rings. The van der Waals surface area contributed by atoms with Crippen LogP contribution in [0.3, 0.4) is 0 Å². The van der Waals surface area contributed by atoms with Crippen molar-refractivity contribution in [1.29, 1.82) is 0 Å². The van der Waals surface area contributed by atoms with Crippen LogP contribution in [-0.4, -0.2) is 16.3 Å². The first-order valence-corrected chi connectivity index (χ1v) is 1.81. The largest absolute Gasteiger partial charge is 1.00 e. The number of nitrogens with zero attached hydrogens (tertiary/aromatic N) is 1. The van der Waals surface area contributed by atoms with Crippen LogP contribution in [0.5, 0.6) is 0 Å². The van der Waals surface area contributed by atoms with Gasteiger partial charge in [-0.2, -0.15) is 6.29 Å². The van der Waals surface area contributed by atoms with Gasteiger partial charge in [0.2, 0.25) is 0 Å². The van der Waals surface area contributed by atoms with Crippen LogP contribution in [0.15, 0.2) is 12.4 Å². The van der Waals surface area contributed by atoms with Crippen molar-refractivity contribution in [2.24, 2.45) is 0 Å². The van der Waals surface area contributed by atoms with E-state index in [4.69, 9.17) is 0 Å². The van der Waals surface area contributed by atoms with E-state index in [-0.39, 0.29) is 35.4 Å². The first-order valence-electron chi connectivity index (χ1n) is 1.81. The van der Waals surface area contributed by atoms with Crippen molar-refractivity contribution in [3.63, 3.8) is 0 Å². The van der Waals surface area contributed by atoms with Gasteiger partial charge in [0, 0.05) is 12.4 Å². The summed E-state index contributed by atoms with van der Waals surface area (Å²) in [6, 6.07) is 0. The van der Waals surface area contributed by atoms with Crippen LogP contribution in [0.25, 0.3) is 0 Å². The molecule has 1 N–H and O–H groups in total. The topological polar surface area (TPSA) is 45.8 Å². The van der Waals surface area contributed by atoms with Crippen molar-refractivity contribution < 1.29 is 34.4 Å². The fourth-order valence-corrected chi connectivity index (χ4v) is 0.321. The number of aromatic amines is 1. The predicted molar refractivity (Wildman–Crippen MR) is 23.4 cm³/mol. The SMILES string of the molecule is O=[C-]c1ncc[nH]1.[Na+]. The van der Waals surface area contributed by atoms with Gasteiger partial charge in [0.15, 0.2) is 0 Å². The summed E-state index contributed by atoms with van der Waals surface area (Å²) in [5.41, 5.74) is 0. The molecule has 0 saturated heterocycles. The maximum Gasteiger partial charge on any atom is 1.00 e. The molecule has 0 aromatic carbocycles. The second-order valence-corrected chi connectivity index (χ2v) is 1.04. The molecule has 0 fully saturated rings. The Bertz CT molecular complexity index is 149. The smallest absolute Gasteiger partial charge is 0.534 e. The van der Waals surface area contributed by atoms with Gasteiger partial charge in [-0.25, -0.2) is 0 Å². The number of rotatable bonds is 1. The summed E-state index contributed by atoms with van der Waals surface area (Å²) < 4.78 is 0. The van der Waals surface area contributed by atoms with Crippen LogP contribution in [-0.2, 0) is 4.79 Å². The van der Waals surface area contributed by atoms with Crippen LogP contribution in [0.4, 0.5) is 0 Å². The van der Waals surface area contributed by atoms with E-state index in [1.54, 1.807) is 12.5 Å². The van der Waals surface area contributed by atoms with Gasteiger partial charge in [0.1, 0.15) is 0 Å². The van der Waals surface area contributed by atoms with E-state index >= 15 is 0 Å². The summed E-state index contributed by atoms with van der Waals surface area (Å²) in [5, 5.41) is 0. The van der Waals surface area contributed by atoms with E-state index in [0.717, 1.165) is 0 Å². The zero-order chi connectivity index (χ0) is 5.11. The fraction of sp³-hybridized carbons (Fsp3) is 0. The van der Waals surface area contributed by atoms with Gasteiger partial charge in [-0.15, -0.1) is 0 Å². The van der Waals surface area contributed by atoms with Crippen LogP contribution in [0.1, 0.15) is 5.82 Å². The summed E-state index contributed by atoms with van der Waals surface area (Å²) in [6.45, 7) is 0. The Morgan fingerprint density at radius 3 is 2.75 bits per heavy atom. The molecular weight excluding hydrogens is 115 g/mol. The Balaban J connectivity index is 0.000000490. The van der Waals surface area contributed by atoms with Gasteiger partial charge in [-0.05, 0) is 5.82 Å². The van der Waals surface area contributed by atoms with Crippen molar-refractivity contribution in [2.75, 3.05) is 0 Å². The Hall–Kier alpha value is -0.120. The van der Waals surface area contributed by atoms with E-state index in [1.165, 1.54) is 6.20 Å². The number of hydrogen-bond donors (Lipinski definition) is 1. The first-order chi connectivity index (χ1) is 3.43. The zero-order valence-corrected chi connectivity index (χ0v) is 6.51. The standard InChI is InChI=1S/C4H3N2O.Na/c7-3-4-5-1-2-6-4;/h1-2H,(H,5,6);/q-1;+1. The molecule has 0 bridgehead atoms. The van der Waals surface area contributed by atoms with E-state index in [2.05, 4.69) is 9.97 Å². The molecule has 0 aliphatic carbocycles. The molecule has 0 unspecified atom stereocenters. The predicted octanol–water partition coefficient (Wildman–Crippen LogP) is -3.13. The van der Waals surface area contributed by atoms with Crippen LogP contribution in [0, 0.1) is 0 Å². The number of H-pyrrole nitrogens is 1. The van der Waals surface area contributed by atoms with Crippen molar-refractivity contribution in [3.8, 4) is 0 Å². The molecule has 0 radical (unpaired) electrons. The third-order valence-electron chi connectivity index (χ3n) is 0.595. The summed E-state index contributed by atoms with van der Waals surface area (Å²) in [5.74, 6) is 0.250. The van der Waals surface area contributed by atoms with Crippen molar-refractivity contribution in [1.82, 2.24) is 9.97 Å². The molecule has 0 atom stereocenters. The van der Waals surface area contributed by atoms with Gasteiger partial charge >= 0.3 is 29.6 Å². The average Bonchev–Trinajstić information content (AvgIpc) is 2.14. The number of aromatic nitrogens is 2. The van der Waals surface area contributed by atoms with E-state index < -0.39 is 0 Å². The number of hydrogen-bond acceptors (Lipinski definition) is 2. The molecular formula is C4H3N2NaO.